The Hall–Kier alpha value is -2.24. The van der Waals surface area contributed by atoms with E-state index in [-0.39, 0.29) is 5.92 Å². The molecule has 6 heteroatoms. The molecular formula is C15H20N2O4. The Morgan fingerprint density at radius 3 is 2.52 bits per heavy atom. The van der Waals surface area contributed by atoms with E-state index in [1.165, 1.54) is 12.0 Å². The van der Waals surface area contributed by atoms with E-state index in [4.69, 9.17) is 4.74 Å². The largest absolute Gasteiger partial charge is 0.495 e. The van der Waals surface area contributed by atoms with Gasteiger partial charge >= 0.3 is 12.0 Å². The number of carboxylic acid groups (broad SMARTS) is 1. The second-order valence-corrected chi connectivity index (χ2v) is 5.44. The smallest absolute Gasteiger partial charge is 0.329 e. The van der Waals surface area contributed by atoms with E-state index in [0.717, 1.165) is 12.8 Å². The van der Waals surface area contributed by atoms with Crippen molar-refractivity contribution in [3.8, 4) is 5.75 Å². The number of nitrogens with one attached hydrogen (secondary N) is 1. The number of carbonyl (C=O) groups excluding carboxylic acids is 1. The summed E-state index contributed by atoms with van der Waals surface area (Å²) in [6.45, 7) is 1.56. The van der Waals surface area contributed by atoms with Crippen molar-refractivity contribution in [3.63, 3.8) is 0 Å². The predicted molar refractivity (Wildman–Crippen MR) is 78.7 cm³/mol. The topological polar surface area (TPSA) is 78.9 Å². The van der Waals surface area contributed by atoms with Gasteiger partial charge in [-0.25, -0.2) is 9.59 Å². The van der Waals surface area contributed by atoms with Crippen LogP contribution in [0, 0.1) is 5.92 Å². The van der Waals surface area contributed by atoms with E-state index in [2.05, 4.69) is 5.32 Å². The number of rotatable bonds is 5. The van der Waals surface area contributed by atoms with E-state index >= 15 is 0 Å². The molecule has 21 heavy (non-hydrogen) atoms. The highest BCUT2D eigenvalue weighted by Crippen LogP contribution is 2.40. The quantitative estimate of drug-likeness (QED) is 0.871. The lowest BCUT2D eigenvalue weighted by molar-refractivity contribution is -0.144. The number of carboxylic acids is 1. The van der Waals surface area contributed by atoms with Gasteiger partial charge in [-0.2, -0.15) is 0 Å². The fraction of sp³-hybridized carbons (Fsp3) is 0.467. The van der Waals surface area contributed by atoms with Crippen LogP contribution in [0.1, 0.15) is 19.8 Å². The zero-order chi connectivity index (χ0) is 15.6. The Morgan fingerprint density at radius 2 is 2.00 bits per heavy atom. The van der Waals surface area contributed by atoms with Crippen LogP contribution in [-0.4, -0.2) is 36.8 Å². The first-order valence-electron chi connectivity index (χ1n) is 6.82. The number of ether oxygens (including phenoxy) is 1. The minimum Gasteiger partial charge on any atom is -0.495 e. The van der Waals surface area contributed by atoms with Crippen molar-refractivity contribution in [2.45, 2.75) is 25.3 Å². The van der Waals surface area contributed by atoms with Gasteiger partial charge in [0.2, 0.25) is 0 Å². The van der Waals surface area contributed by atoms with Gasteiger partial charge in [-0.05, 0) is 37.8 Å². The first-order valence-corrected chi connectivity index (χ1v) is 6.82. The molecule has 2 rings (SSSR count). The maximum atomic E-state index is 12.4. The molecule has 0 bridgehead atoms. The summed E-state index contributed by atoms with van der Waals surface area (Å²) >= 11 is 0. The van der Waals surface area contributed by atoms with Gasteiger partial charge < -0.3 is 15.2 Å². The third-order valence-electron chi connectivity index (χ3n) is 3.96. The zero-order valence-corrected chi connectivity index (χ0v) is 12.4. The summed E-state index contributed by atoms with van der Waals surface area (Å²) in [7, 11) is 3.11. The first kappa shape index (κ1) is 15.2. The van der Waals surface area contributed by atoms with Gasteiger partial charge in [0.05, 0.1) is 12.8 Å². The normalized spacial score (nSPS) is 16.7. The van der Waals surface area contributed by atoms with Gasteiger partial charge in [-0.3, -0.25) is 4.90 Å². The Balaban J connectivity index is 2.17. The highest BCUT2D eigenvalue weighted by Gasteiger charge is 2.49. The molecule has 1 saturated carbocycles. The lowest BCUT2D eigenvalue weighted by atomic mass is 9.96. The molecule has 1 atom stereocenters. The lowest BCUT2D eigenvalue weighted by Gasteiger charge is -2.29. The number of anilines is 1. The molecule has 1 unspecified atom stereocenters. The molecule has 0 aliphatic heterocycles. The molecule has 0 radical (unpaired) electrons. The van der Waals surface area contributed by atoms with Crippen LogP contribution in [0.5, 0.6) is 5.75 Å². The molecule has 0 saturated heterocycles. The Bertz CT molecular complexity index is 556. The van der Waals surface area contributed by atoms with Crippen molar-refractivity contribution in [1.29, 1.82) is 0 Å². The number of urea groups is 1. The zero-order valence-electron chi connectivity index (χ0n) is 12.4. The minimum atomic E-state index is -1.23. The first-order chi connectivity index (χ1) is 9.90. The van der Waals surface area contributed by atoms with E-state index in [0.29, 0.717) is 11.4 Å². The van der Waals surface area contributed by atoms with Crippen LogP contribution in [-0.2, 0) is 4.79 Å². The predicted octanol–water partition coefficient (Wildman–Crippen LogP) is 2.09. The molecule has 2 amide bonds. The highest BCUT2D eigenvalue weighted by molar-refractivity contribution is 5.96. The minimum absolute atomic E-state index is 0.00924. The van der Waals surface area contributed by atoms with Crippen LogP contribution < -0.4 is 15.0 Å². The number of amides is 2. The van der Waals surface area contributed by atoms with E-state index in [1.54, 1.807) is 38.2 Å². The summed E-state index contributed by atoms with van der Waals surface area (Å²) in [4.78, 5) is 25.2. The molecule has 1 aliphatic carbocycles. The molecule has 1 aromatic rings. The van der Waals surface area contributed by atoms with Gasteiger partial charge in [0, 0.05) is 7.05 Å². The van der Waals surface area contributed by atoms with Gasteiger partial charge in [-0.15, -0.1) is 0 Å². The standard InChI is InChI=1S/C15H20N2O4/c1-15(13(18)19,10-8-9-10)16-14(20)17(2)11-6-4-5-7-12(11)21-3/h4-7,10H,8-9H2,1-3H3,(H,16,20)(H,18,19). The third kappa shape index (κ3) is 2.94. The van der Waals surface area contributed by atoms with Gasteiger partial charge in [-0.1, -0.05) is 12.1 Å². The van der Waals surface area contributed by atoms with Crippen molar-refractivity contribution in [3.05, 3.63) is 24.3 Å². The highest BCUT2D eigenvalue weighted by atomic mass is 16.5. The van der Waals surface area contributed by atoms with Crippen molar-refractivity contribution >= 4 is 17.7 Å². The van der Waals surface area contributed by atoms with E-state index < -0.39 is 17.5 Å². The Labute approximate surface area is 123 Å². The number of benzene rings is 1. The molecule has 2 N–H and O–H groups in total. The van der Waals surface area contributed by atoms with Crippen LogP contribution in [0.15, 0.2) is 24.3 Å². The molecule has 0 heterocycles. The van der Waals surface area contributed by atoms with Crippen molar-refractivity contribution in [1.82, 2.24) is 5.32 Å². The van der Waals surface area contributed by atoms with Crippen LogP contribution in [0.3, 0.4) is 0 Å². The summed E-state index contributed by atoms with van der Waals surface area (Å²) < 4.78 is 5.22. The average Bonchev–Trinajstić information content (AvgIpc) is 3.30. The van der Waals surface area contributed by atoms with E-state index in [1.807, 2.05) is 0 Å². The number of carbonyl (C=O) groups is 2. The van der Waals surface area contributed by atoms with Gasteiger partial charge in [0.25, 0.3) is 0 Å². The number of hydrogen-bond donors (Lipinski definition) is 2. The molecule has 1 aromatic carbocycles. The summed E-state index contributed by atoms with van der Waals surface area (Å²) in [5.74, 6) is -0.463. The monoisotopic (exact) mass is 292 g/mol. The second-order valence-electron chi connectivity index (χ2n) is 5.44. The maximum absolute atomic E-state index is 12.4. The summed E-state index contributed by atoms with van der Waals surface area (Å²) in [5.41, 5.74) is -0.645. The van der Waals surface area contributed by atoms with Crippen LogP contribution in [0.2, 0.25) is 0 Å². The van der Waals surface area contributed by atoms with Crippen LogP contribution in [0.4, 0.5) is 10.5 Å². The maximum Gasteiger partial charge on any atom is 0.329 e. The third-order valence-corrected chi connectivity index (χ3v) is 3.96. The van der Waals surface area contributed by atoms with Gasteiger partial charge in [0.1, 0.15) is 11.3 Å². The Kier molecular flexibility index (Phi) is 4.06. The number of nitrogens with zero attached hydrogens (tertiary/aromatic N) is 1. The fourth-order valence-corrected chi connectivity index (χ4v) is 2.31. The molecule has 0 aromatic heterocycles. The second kappa shape index (κ2) is 5.63. The van der Waals surface area contributed by atoms with E-state index in [9.17, 15) is 14.7 Å². The summed E-state index contributed by atoms with van der Waals surface area (Å²) in [5, 5.41) is 12.0. The summed E-state index contributed by atoms with van der Waals surface area (Å²) in [6.07, 6.45) is 1.64. The molecule has 114 valence electrons. The number of aliphatic carboxylic acids is 1. The molecular weight excluding hydrogens is 272 g/mol. The number of methoxy groups -OCH3 is 1. The van der Waals surface area contributed by atoms with Crippen LogP contribution >= 0.6 is 0 Å². The van der Waals surface area contributed by atoms with Crippen molar-refractivity contribution < 1.29 is 19.4 Å². The van der Waals surface area contributed by atoms with Crippen LogP contribution in [0.25, 0.3) is 0 Å². The SMILES string of the molecule is COc1ccccc1N(C)C(=O)NC(C)(C(=O)O)C1CC1. The van der Waals surface area contributed by atoms with Crippen molar-refractivity contribution in [2.75, 3.05) is 19.1 Å². The number of hydrogen-bond acceptors (Lipinski definition) is 3. The molecule has 1 aliphatic rings. The molecule has 1 fully saturated rings. The average molecular weight is 292 g/mol. The molecule has 6 nitrogen and oxygen atoms in total. The fourth-order valence-electron chi connectivity index (χ4n) is 2.31. The summed E-state index contributed by atoms with van der Waals surface area (Å²) in [6, 6.07) is 6.62. The van der Waals surface area contributed by atoms with Crippen molar-refractivity contribution in [2.24, 2.45) is 5.92 Å². The lowest BCUT2D eigenvalue weighted by Crippen LogP contribution is -2.57. The van der Waals surface area contributed by atoms with Gasteiger partial charge in [0.15, 0.2) is 0 Å². The number of para-hydroxylation sites is 2. The molecule has 0 spiro atoms. The Morgan fingerprint density at radius 1 is 1.38 bits per heavy atom.